The van der Waals surface area contributed by atoms with Crippen LogP contribution in [0.1, 0.15) is 59.8 Å². The summed E-state index contributed by atoms with van der Waals surface area (Å²) >= 11 is 0. The van der Waals surface area contributed by atoms with Gasteiger partial charge in [0.1, 0.15) is 17.1 Å². The third kappa shape index (κ3) is 5.47. The Bertz CT molecular complexity index is 1640. The summed E-state index contributed by atoms with van der Waals surface area (Å²) < 4.78 is 86.5. The number of likely N-dealkylation sites (tertiary alicyclic amines) is 1. The lowest BCUT2D eigenvalue weighted by atomic mass is 10.1. The Morgan fingerprint density at radius 3 is 2.78 bits per heavy atom. The number of aryl methyl sites for hydroxylation is 2. The number of hydrogen-bond donors (Lipinski definition) is 2. The van der Waals surface area contributed by atoms with Crippen LogP contribution in [0, 0.1) is 0 Å². The van der Waals surface area contributed by atoms with E-state index in [4.69, 9.17) is 13.0 Å². The van der Waals surface area contributed by atoms with E-state index in [0.29, 0.717) is 25.8 Å². The van der Waals surface area contributed by atoms with Crippen molar-refractivity contribution in [2.45, 2.75) is 63.2 Å². The Labute approximate surface area is 220 Å². The molecule has 1 fully saturated rings. The molecule has 3 aromatic rings. The van der Waals surface area contributed by atoms with Crippen LogP contribution in [-0.2, 0) is 23.4 Å². The molecule has 0 bridgehead atoms. The summed E-state index contributed by atoms with van der Waals surface area (Å²) in [5, 5.41) is 4.20. The second kappa shape index (κ2) is 11.1. The molecule has 0 spiro atoms. The number of aromatic nitrogens is 4. The van der Waals surface area contributed by atoms with Gasteiger partial charge in [-0.3, -0.25) is 9.48 Å². The fourth-order valence-electron chi connectivity index (χ4n) is 4.12. The van der Waals surface area contributed by atoms with E-state index in [1.165, 1.54) is 23.9 Å². The van der Waals surface area contributed by atoms with Crippen molar-refractivity contribution in [1.29, 1.82) is 0 Å². The standard InChI is InChI=1S/C25H36N6O4S/c1-5-8-20-22-23(31(4)29-20)25(32)28-24(27-22)19-16-18(10-11-21(19)35-15-6-2)36(33,34)26-13-12-17-9-7-14-30(17)3/h10-11,16-17,26H,5-9,12-15H2,1-4H3,(H,27,28,32)/i8D2,12D2,13D2. The molecule has 0 radical (unpaired) electrons. The van der Waals surface area contributed by atoms with Gasteiger partial charge in [0.25, 0.3) is 5.56 Å². The minimum Gasteiger partial charge on any atom is -0.493 e. The molecule has 4 rings (SSSR count). The first-order valence-corrected chi connectivity index (χ1v) is 13.4. The van der Waals surface area contributed by atoms with Crippen molar-refractivity contribution >= 4 is 21.1 Å². The van der Waals surface area contributed by atoms with Gasteiger partial charge in [-0.15, -0.1) is 0 Å². The highest BCUT2D eigenvalue weighted by Gasteiger charge is 2.23. The molecule has 2 N–H and O–H groups in total. The third-order valence-electron chi connectivity index (χ3n) is 5.96. The van der Waals surface area contributed by atoms with Crippen LogP contribution >= 0.6 is 0 Å². The second-order valence-electron chi connectivity index (χ2n) is 8.63. The number of fused-ring (bicyclic) bond motifs is 1. The van der Waals surface area contributed by atoms with Gasteiger partial charge in [-0.2, -0.15) is 5.10 Å². The van der Waals surface area contributed by atoms with Crippen LogP contribution in [0.2, 0.25) is 0 Å². The molecule has 0 aliphatic carbocycles. The molecule has 1 aliphatic rings. The van der Waals surface area contributed by atoms with E-state index < -0.39 is 45.8 Å². The number of benzene rings is 1. The van der Waals surface area contributed by atoms with Crippen LogP contribution < -0.4 is 15.0 Å². The molecule has 1 unspecified atom stereocenters. The Morgan fingerprint density at radius 1 is 1.28 bits per heavy atom. The minimum atomic E-state index is -4.64. The lowest BCUT2D eigenvalue weighted by Gasteiger charge is -2.19. The smallest absolute Gasteiger partial charge is 0.277 e. The van der Waals surface area contributed by atoms with Crippen LogP contribution in [0.4, 0.5) is 0 Å². The number of H-pyrrole nitrogens is 1. The summed E-state index contributed by atoms with van der Waals surface area (Å²) in [6.07, 6.45) is -2.71. The highest BCUT2D eigenvalue weighted by Crippen LogP contribution is 2.31. The average Bonchev–Trinajstić information content (AvgIpc) is 3.50. The molecule has 0 amide bonds. The largest absolute Gasteiger partial charge is 0.493 e. The van der Waals surface area contributed by atoms with E-state index in [1.807, 2.05) is 11.6 Å². The van der Waals surface area contributed by atoms with Crippen LogP contribution in [0.3, 0.4) is 0 Å². The van der Waals surface area contributed by atoms with Gasteiger partial charge in [0.05, 0.1) is 22.8 Å². The zero-order chi connectivity index (χ0) is 31.3. The zero-order valence-electron chi connectivity index (χ0n) is 26.9. The predicted octanol–water partition coefficient (Wildman–Crippen LogP) is 2.83. The maximum absolute atomic E-state index is 13.5. The van der Waals surface area contributed by atoms with E-state index in [0.717, 1.165) is 6.07 Å². The van der Waals surface area contributed by atoms with E-state index in [1.54, 1.807) is 18.9 Å². The first-order chi connectivity index (χ1) is 19.5. The number of hydrogen-bond acceptors (Lipinski definition) is 7. The molecule has 10 nitrogen and oxygen atoms in total. The number of aromatic amines is 1. The lowest BCUT2D eigenvalue weighted by Crippen LogP contribution is -2.31. The molecule has 1 aromatic carbocycles. The van der Waals surface area contributed by atoms with Gasteiger partial charge in [-0.05, 0) is 63.8 Å². The maximum atomic E-state index is 13.5. The van der Waals surface area contributed by atoms with E-state index in [2.05, 4.69) is 15.1 Å². The summed E-state index contributed by atoms with van der Waals surface area (Å²) in [7, 11) is -1.46. The Kier molecular flexibility index (Phi) is 5.97. The van der Waals surface area contributed by atoms with Crippen LogP contribution in [-0.4, -0.2) is 65.8 Å². The van der Waals surface area contributed by atoms with Crippen molar-refractivity contribution in [2.75, 3.05) is 26.7 Å². The van der Waals surface area contributed by atoms with Gasteiger partial charge < -0.3 is 14.6 Å². The molecular weight excluding hydrogens is 480 g/mol. The number of nitrogens with one attached hydrogen (secondary N) is 2. The van der Waals surface area contributed by atoms with Crippen molar-refractivity contribution in [3.8, 4) is 17.1 Å². The normalized spacial score (nSPS) is 20.4. The summed E-state index contributed by atoms with van der Waals surface area (Å²) in [5.41, 5.74) is -0.540. The molecule has 1 aliphatic heterocycles. The SMILES string of the molecule is [2H]C([2H])(CC)c1nn(C)c2c(=O)[nH]c(-c3cc(S(=O)(=O)NC([2H])([2H])C([2H])([2H])C4CCCN4C)ccc3OCCC)nc12. The molecule has 1 atom stereocenters. The van der Waals surface area contributed by atoms with Gasteiger partial charge in [0.2, 0.25) is 10.0 Å². The van der Waals surface area contributed by atoms with Gasteiger partial charge in [-0.25, -0.2) is 18.1 Å². The quantitative estimate of drug-likeness (QED) is 0.397. The van der Waals surface area contributed by atoms with Crippen LogP contribution in [0.15, 0.2) is 27.9 Å². The van der Waals surface area contributed by atoms with Gasteiger partial charge in [-0.1, -0.05) is 20.3 Å². The predicted molar refractivity (Wildman–Crippen MR) is 140 cm³/mol. The third-order valence-corrected chi connectivity index (χ3v) is 7.21. The fourth-order valence-corrected chi connectivity index (χ4v) is 4.96. The average molecular weight is 523 g/mol. The molecule has 1 saturated heterocycles. The number of rotatable bonds is 11. The highest BCUT2D eigenvalue weighted by molar-refractivity contribution is 7.89. The molecule has 36 heavy (non-hydrogen) atoms. The molecule has 0 saturated carbocycles. The molecular formula is C25H36N6O4S. The number of ether oxygens (including phenoxy) is 1. The summed E-state index contributed by atoms with van der Waals surface area (Å²) in [6.45, 7) is 1.38. The fraction of sp³-hybridized carbons (Fsp3) is 0.560. The first-order valence-electron chi connectivity index (χ1n) is 15.0. The maximum Gasteiger partial charge on any atom is 0.277 e. The first kappa shape index (κ1) is 19.4. The van der Waals surface area contributed by atoms with Crippen LogP contribution in [0.5, 0.6) is 5.75 Å². The summed E-state index contributed by atoms with van der Waals surface area (Å²) in [5.74, 6) is 0.0934. The minimum absolute atomic E-state index is 0.0149. The topological polar surface area (TPSA) is 122 Å². The Morgan fingerprint density at radius 2 is 2.08 bits per heavy atom. The highest BCUT2D eigenvalue weighted by atomic mass is 32.2. The molecule has 11 heteroatoms. The van der Waals surface area contributed by atoms with Crippen molar-refractivity contribution in [3.63, 3.8) is 0 Å². The Hall–Kier alpha value is -2.76. The lowest BCUT2D eigenvalue weighted by molar-refractivity contribution is 0.297. The van der Waals surface area contributed by atoms with Crippen molar-refractivity contribution in [3.05, 3.63) is 34.2 Å². The number of sulfonamides is 1. The zero-order valence-corrected chi connectivity index (χ0v) is 21.7. The second-order valence-corrected chi connectivity index (χ2v) is 10.3. The van der Waals surface area contributed by atoms with E-state index >= 15 is 0 Å². The summed E-state index contributed by atoms with van der Waals surface area (Å²) in [4.78, 5) is 21.5. The van der Waals surface area contributed by atoms with Gasteiger partial charge >= 0.3 is 0 Å². The van der Waals surface area contributed by atoms with E-state index in [-0.39, 0.29) is 46.9 Å². The van der Waals surface area contributed by atoms with Crippen molar-refractivity contribution in [2.24, 2.45) is 7.05 Å². The Balaban J connectivity index is 1.83. The van der Waals surface area contributed by atoms with Gasteiger partial charge in [0.15, 0.2) is 5.52 Å². The van der Waals surface area contributed by atoms with Crippen molar-refractivity contribution in [1.82, 2.24) is 29.4 Å². The molecule has 196 valence electrons. The van der Waals surface area contributed by atoms with Gasteiger partial charge in [0, 0.05) is 27.8 Å². The monoisotopic (exact) mass is 522 g/mol. The molecule has 2 aromatic heterocycles. The van der Waals surface area contributed by atoms with E-state index in [9.17, 15) is 13.2 Å². The van der Waals surface area contributed by atoms with Crippen molar-refractivity contribution < 1.29 is 21.4 Å². The molecule has 3 heterocycles. The number of nitrogens with zero attached hydrogens (tertiary/aromatic N) is 4. The van der Waals surface area contributed by atoms with Crippen LogP contribution in [0.25, 0.3) is 22.4 Å². The summed E-state index contributed by atoms with van der Waals surface area (Å²) in [6, 6.07) is 2.89.